The Morgan fingerprint density at radius 3 is 2.38 bits per heavy atom. The smallest absolute Gasteiger partial charge is 0.204 e. The Kier molecular flexibility index (Phi) is 5.28. The second-order valence-corrected chi connectivity index (χ2v) is 7.11. The summed E-state index contributed by atoms with van der Waals surface area (Å²) in [4.78, 5) is 4.14. The molecule has 24 heavy (non-hydrogen) atoms. The van der Waals surface area contributed by atoms with Crippen molar-refractivity contribution in [3.63, 3.8) is 0 Å². The third kappa shape index (κ3) is 3.59. The Bertz CT molecular complexity index is 853. The molecule has 0 saturated heterocycles. The molecule has 0 unspecified atom stereocenters. The first-order valence-corrected chi connectivity index (χ1v) is 9.07. The fraction of sp³-hybridized carbons (Fsp3) is 0.312. The first-order valence-electron chi connectivity index (χ1n) is 7.18. The summed E-state index contributed by atoms with van der Waals surface area (Å²) in [6, 6.07) is 3.62. The second kappa shape index (κ2) is 7.04. The molecule has 0 amide bonds. The van der Waals surface area contributed by atoms with Crippen LogP contribution in [0.25, 0.3) is 0 Å². The summed E-state index contributed by atoms with van der Waals surface area (Å²) in [5.74, 6) is 0.437. The van der Waals surface area contributed by atoms with Crippen LogP contribution < -0.4 is 14.8 Å². The van der Waals surface area contributed by atoms with E-state index >= 15 is 0 Å². The maximum atomic E-state index is 14.2. The second-order valence-electron chi connectivity index (χ2n) is 5.09. The van der Waals surface area contributed by atoms with Gasteiger partial charge in [-0.1, -0.05) is 6.92 Å². The number of nitrogens with zero attached hydrogens (tertiary/aromatic N) is 1. The third-order valence-corrected chi connectivity index (χ3v) is 4.58. The summed E-state index contributed by atoms with van der Waals surface area (Å²) in [6.07, 6.45) is 3.34. The Labute approximate surface area is 140 Å². The van der Waals surface area contributed by atoms with Crippen molar-refractivity contribution in [3.05, 3.63) is 35.8 Å². The van der Waals surface area contributed by atoms with E-state index in [1.807, 2.05) is 6.92 Å². The van der Waals surface area contributed by atoms with E-state index in [1.165, 1.54) is 26.4 Å². The van der Waals surface area contributed by atoms with Crippen LogP contribution in [0.5, 0.6) is 11.5 Å². The number of halogens is 1. The predicted octanol–water partition coefficient (Wildman–Crippen LogP) is 2.95. The number of rotatable bonds is 6. The number of aromatic nitrogens is 1. The average molecular weight is 354 g/mol. The van der Waals surface area contributed by atoms with Crippen LogP contribution in [-0.4, -0.2) is 33.9 Å². The highest BCUT2D eigenvalue weighted by Gasteiger charge is 2.18. The van der Waals surface area contributed by atoms with Crippen LogP contribution in [0.1, 0.15) is 12.5 Å². The van der Waals surface area contributed by atoms with E-state index in [2.05, 4.69) is 10.3 Å². The standard InChI is InChI=1S/C16H19FN2O4S/c1-5-10-9-18-16(15(23-3)14(10)22-2)19-13-7-6-11(8-12(13)17)24(4,20)21/h6-9H,5H2,1-4H3,(H,18,19). The van der Waals surface area contributed by atoms with Gasteiger partial charge in [0.25, 0.3) is 0 Å². The number of nitrogens with one attached hydrogen (secondary N) is 1. The van der Waals surface area contributed by atoms with Crippen LogP contribution in [0.15, 0.2) is 29.3 Å². The third-order valence-electron chi connectivity index (χ3n) is 3.47. The molecule has 0 atom stereocenters. The van der Waals surface area contributed by atoms with E-state index in [9.17, 15) is 12.8 Å². The number of benzene rings is 1. The monoisotopic (exact) mass is 354 g/mol. The lowest BCUT2D eigenvalue weighted by Gasteiger charge is -2.16. The maximum absolute atomic E-state index is 14.2. The number of methoxy groups -OCH3 is 2. The zero-order valence-corrected chi connectivity index (χ0v) is 14.7. The molecule has 0 aliphatic rings. The molecule has 0 spiro atoms. The zero-order valence-electron chi connectivity index (χ0n) is 13.9. The van der Waals surface area contributed by atoms with Crippen molar-refractivity contribution in [1.82, 2.24) is 4.98 Å². The van der Waals surface area contributed by atoms with Crippen molar-refractivity contribution < 1.29 is 22.3 Å². The summed E-state index contributed by atoms with van der Waals surface area (Å²) in [5.41, 5.74) is 0.937. The lowest BCUT2D eigenvalue weighted by molar-refractivity contribution is 0.352. The Balaban J connectivity index is 2.45. The molecule has 6 nitrogen and oxygen atoms in total. The molecule has 0 bridgehead atoms. The maximum Gasteiger partial charge on any atom is 0.204 e. The van der Waals surface area contributed by atoms with Gasteiger partial charge in [-0.25, -0.2) is 17.8 Å². The number of aryl methyl sites for hydroxylation is 1. The summed E-state index contributed by atoms with van der Waals surface area (Å²) in [7, 11) is -0.494. The average Bonchev–Trinajstić information content (AvgIpc) is 2.54. The molecule has 1 aromatic carbocycles. The minimum absolute atomic E-state index is 0.0829. The fourth-order valence-corrected chi connectivity index (χ4v) is 2.86. The first kappa shape index (κ1) is 18.0. The Morgan fingerprint density at radius 2 is 1.88 bits per heavy atom. The molecular weight excluding hydrogens is 335 g/mol. The Hall–Kier alpha value is -2.35. The number of pyridine rings is 1. The highest BCUT2D eigenvalue weighted by Crippen LogP contribution is 2.38. The molecule has 1 aromatic heterocycles. The van der Waals surface area contributed by atoms with Gasteiger partial charge in [0.1, 0.15) is 5.82 Å². The largest absolute Gasteiger partial charge is 0.492 e. The van der Waals surface area contributed by atoms with Gasteiger partial charge in [-0.05, 0) is 24.6 Å². The van der Waals surface area contributed by atoms with Crippen molar-refractivity contribution in [2.45, 2.75) is 18.2 Å². The molecule has 130 valence electrons. The first-order chi connectivity index (χ1) is 11.3. The number of hydrogen-bond donors (Lipinski definition) is 1. The highest BCUT2D eigenvalue weighted by atomic mass is 32.2. The van der Waals surface area contributed by atoms with Gasteiger partial charge >= 0.3 is 0 Å². The van der Waals surface area contributed by atoms with Crippen molar-refractivity contribution >= 4 is 21.3 Å². The summed E-state index contributed by atoms with van der Waals surface area (Å²) in [5, 5.41) is 2.81. The summed E-state index contributed by atoms with van der Waals surface area (Å²) < 4.78 is 47.8. The van der Waals surface area contributed by atoms with Crippen LogP contribution in [0, 0.1) is 5.82 Å². The highest BCUT2D eigenvalue weighted by molar-refractivity contribution is 7.90. The molecule has 0 aliphatic carbocycles. The molecule has 2 rings (SSSR count). The van der Waals surface area contributed by atoms with Gasteiger partial charge in [0.15, 0.2) is 21.4 Å². The van der Waals surface area contributed by atoms with Gasteiger partial charge in [-0.3, -0.25) is 0 Å². The van der Waals surface area contributed by atoms with Gasteiger partial charge < -0.3 is 14.8 Å². The predicted molar refractivity (Wildman–Crippen MR) is 89.5 cm³/mol. The van der Waals surface area contributed by atoms with Gasteiger partial charge in [0.2, 0.25) is 5.75 Å². The van der Waals surface area contributed by atoms with Gasteiger partial charge in [0.05, 0.1) is 24.8 Å². The van der Waals surface area contributed by atoms with E-state index in [1.54, 1.807) is 6.20 Å². The van der Waals surface area contributed by atoms with E-state index in [4.69, 9.17) is 9.47 Å². The minimum Gasteiger partial charge on any atom is -0.492 e. The van der Waals surface area contributed by atoms with E-state index in [0.717, 1.165) is 17.9 Å². The van der Waals surface area contributed by atoms with Gasteiger partial charge in [0, 0.05) is 18.0 Å². The molecule has 1 heterocycles. The van der Waals surface area contributed by atoms with Crippen molar-refractivity contribution in [3.8, 4) is 11.5 Å². The van der Waals surface area contributed by atoms with Crippen LogP contribution in [0.2, 0.25) is 0 Å². The van der Waals surface area contributed by atoms with Crippen molar-refractivity contribution in [1.29, 1.82) is 0 Å². The summed E-state index contributed by atoms with van der Waals surface area (Å²) in [6.45, 7) is 1.95. The van der Waals surface area contributed by atoms with Crippen LogP contribution in [0.3, 0.4) is 0 Å². The Morgan fingerprint density at radius 1 is 1.21 bits per heavy atom. The lowest BCUT2D eigenvalue weighted by atomic mass is 10.2. The van der Waals surface area contributed by atoms with Crippen molar-refractivity contribution in [2.24, 2.45) is 0 Å². The van der Waals surface area contributed by atoms with Crippen LogP contribution in [0.4, 0.5) is 15.9 Å². The SMILES string of the molecule is CCc1cnc(Nc2ccc(S(C)(=O)=O)cc2F)c(OC)c1OC. The minimum atomic E-state index is -3.48. The zero-order chi connectivity index (χ0) is 17.9. The van der Waals surface area contributed by atoms with Crippen molar-refractivity contribution in [2.75, 3.05) is 25.8 Å². The van der Waals surface area contributed by atoms with Gasteiger partial charge in [-0.15, -0.1) is 0 Å². The fourth-order valence-electron chi connectivity index (χ4n) is 2.22. The van der Waals surface area contributed by atoms with E-state index in [-0.39, 0.29) is 16.4 Å². The lowest BCUT2D eigenvalue weighted by Crippen LogP contribution is -2.04. The van der Waals surface area contributed by atoms with Crippen LogP contribution >= 0.6 is 0 Å². The number of hydrogen-bond acceptors (Lipinski definition) is 6. The molecule has 8 heteroatoms. The normalized spacial score (nSPS) is 11.2. The van der Waals surface area contributed by atoms with Gasteiger partial charge in [-0.2, -0.15) is 0 Å². The molecule has 0 saturated carbocycles. The topological polar surface area (TPSA) is 77.5 Å². The number of sulfone groups is 1. The molecule has 0 fully saturated rings. The quantitative estimate of drug-likeness (QED) is 0.859. The van der Waals surface area contributed by atoms with E-state index < -0.39 is 15.7 Å². The number of ether oxygens (including phenoxy) is 2. The molecule has 2 aromatic rings. The van der Waals surface area contributed by atoms with Crippen LogP contribution in [-0.2, 0) is 16.3 Å². The molecule has 0 radical (unpaired) electrons. The molecular formula is C16H19FN2O4S. The molecule has 1 N–H and O–H groups in total. The number of anilines is 2. The van der Waals surface area contributed by atoms with E-state index in [0.29, 0.717) is 17.9 Å². The molecule has 0 aliphatic heterocycles. The summed E-state index contributed by atoms with van der Waals surface area (Å²) >= 11 is 0.